The normalized spacial score (nSPS) is 8.62. The molecule has 2 nitrogen and oxygen atoms in total. The fraction of sp³-hybridized carbons (Fsp3) is 0.182. The minimum absolute atomic E-state index is 0.569. The Morgan fingerprint density at radius 1 is 1.15 bits per heavy atom. The summed E-state index contributed by atoms with van der Waals surface area (Å²) >= 11 is 0. The number of hydrogen-bond acceptors (Lipinski definition) is 2. The Bertz CT molecular complexity index is 359. The molecule has 0 fully saturated rings. The molecule has 2 heteroatoms. The number of hydrogen-bond donors (Lipinski definition) is 0. The van der Waals surface area contributed by atoms with Crippen LogP contribution >= 0.6 is 0 Å². The van der Waals surface area contributed by atoms with Crippen LogP contribution in [0.1, 0.15) is 11.4 Å². The van der Waals surface area contributed by atoms with Crippen LogP contribution in [0.15, 0.2) is 12.1 Å². The average Bonchev–Trinajstić information content (AvgIpc) is 2.16. The van der Waals surface area contributed by atoms with Gasteiger partial charge < -0.3 is 4.90 Å². The molecule has 0 saturated heterocycles. The van der Waals surface area contributed by atoms with Gasteiger partial charge in [-0.25, -0.2) is 4.98 Å². The lowest BCUT2D eigenvalue weighted by Crippen LogP contribution is -2.09. The van der Waals surface area contributed by atoms with Crippen molar-refractivity contribution in [3.05, 3.63) is 23.5 Å². The third kappa shape index (κ3) is 2.01. The Morgan fingerprint density at radius 3 is 1.92 bits per heavy atom. The van der Waals surface area contributed by atoms with Crippen LogP contribution in [-0.4, -0.2) is 19.1 Å². The fourth-order valence-corrected chi connectivity index (χ4v) is 0.922. The van der Waals surface area contributed by atoms with Crippen molar-refractivity contribution in [2.45, 2.75) is 0 Å². The van der Waals surface area contributed by atoms with Crippen molar-refractivity contribution < 1.29 is 0 Å². The van der Waals surface area contributed by atoms with Crippen LogP contribution < -0.4 is 4.90 Å². The highest BCUT2D eigenvalue weighted by atomic mass is 15.1. The summed E-state index contributed by atoms with van der Waals surface area (Å²) in [4.78, 5) is 5.99. The van der Waals surface area contributed by atoms with E-state index in [0.29, 0.717) is 11.4 Å². The molecule has 1 aromatic heterocycles. The van der Waals surface area contributed by atoms with Crippen molar-refractivity contribution in [3.8, 4) is 24.7 Å². The van der Waals surface area contributed by atoms with Crippen molar-refractivity contribution in [2.24, 2.45) is 0 Å². The molecule has 64 valence electrons. The van der Waals surface area contributed by atoms with Crippen LogP contribution in [0, 0.1) is 24.7 Å². The predicted molar refractivity (Wildman–Crippen MR) is 54.4 cm³/mol. The topological polar surface area (TPSA) is 16.1 Å². The zero-order chi connectivity index (χ0) is 9.84. The zero-order valence-electron chi connectivity index (χ0n) is 7.70. The van der Waals surface area contributed by atoms with Crippen LogP contribution in [0.2, 0.25) is 0 Å². The number of aromatic nitrogens is 1. The second-order valence-corrected chi connectivity index (χ2v) is 2.78. The highest BCUT2D eigenvalue weighted by molar-refractivity contribution is 5.52. The second kappa shape index (κ2) is 3.65. The number of nitrogens with zero attached hydrogens (tertiary/aromatic N) is 2. The first-order valence-corrected chi connectivity index (χ1v) is 3.80. The van der Waals surface area contributed by atoms with E-state index in [0.717, 1.165) is 5.69 Å². The van der Waals surface area contributed by atoms with E-state index in [2.05, 4.69) is 16.8 Å². The molecular weight excluding hydrogens is 160 g/mol. The first-order chi connectivity index (χ1) is 6.17. The molecule has 13 heavy (non-hydrogen) atoms. The van der Waals surface area contributed by atoms with E-state index in [9.17, 15) is 0 Å². The molecule has 0 unspecified atom stereocenters. The number of terminal acetylenes is 2. The average molecular weight is 170 g/mol. The van der Waals surface area contributed by atoms with E-state index in [1.165, 1.54) is 0 Å². The van der Waals surface area contributed by atoms with E-state index in [1.54, 1.807) is 0 Å². The molecule has 1 aromatic rings. The summed E-state index contributed by atoms with van der Waals surface area (Å²) < 4.78 is 0. The minimum atomic E-state index is 0.569. The molecule has 0 aromatic carbocycles. The minimum Gasteiger partial charge on any atom is -0.377 e. The van der Waals surface area contributed by atoms with E-state index in [-0.39, 0.29) is 0 Å². The maximum atomic E-state index is 5.24. The maximum Gasteiger partial charge on any atom is 0.116 e. The maximum absolute atomic E-state index is 5.24. The van der Waals surface area contributed by atoms with Gasteiger partial charge in [0.25, 0.3) is 0 Å². The van der Waals surface area contributed by atoms with Gasteiger partial charge in [-0.3, -0.25) is 0 Å². The van der Waals surface area contributed by atoms with Crippen LogP contribution in [-0.2, 0) is 0 Å². The van der Waals surface area contributed by atoms with Crippen molar-refractivity contribution in [1.29, 1.82) is 0 Å². The summed E-state index contributed by atoms with van der Waals surface area (Å²) in [6.07, 6.45) is 10.5. The molecule has 1 heterocycles. The number of pyridine rings is 1. The summed E-state index contributed by atoms with van der Waals surface area (Å²) in [6, 6.07) is 3.64. The lowest BCUT2D eigenvalue weighted by molar-refractivity contribution is 1.11. The van der Waals surface area contributed by atoms with E-state index in [1.807, 2.05) is 31.1 Å². The summed E-state index contributed by atoms with van der Waals surface area (Å²) in [5.41, 5.74) is 2.11. The first-order valence-electron chi connectivity index (χ1n) is 3.80. The number of anilines is 1. The van der Waals surface area contributed by atoms with Gasteiger partial charge in [-0.05, 0) is 12.1 Å². The van der Waals surface area contributed by atoms with Crippen molar-refractivity contribution >= 4 is 5.69 Å². The molecule has 0 aliphatic carbocycles. The standard InChI is InChI=1S/C11H10N2/c1-5-9-7-11(13(3)4)8-10(6-2)12-9/h1-2,7-8H,3-4H3. The van der Waals surface area contributed by atoms with Gasteiger partial charge in [-0.1, -0.05) is 11.8 Å². The van der Waals surface area contributed by atoms with E-state index in [4.69, 9.17) is 12.8 Å². The van der Waals surface area contributed by atoms with Gasteiger partial charge in [-0.15, -0.1) is 12.8 Å². The zero-order valence-corrected chi connectivity index (χ0v) is 7.70. The van der Waals surface area contributed by atoms with Crippen molar-refractivity contribution in [3.63, 3.8) is 0 Å². The third-order valence-corrected chi connectivity index (χ3v) is 1.62. The van der Waals surface area contributed by atoms with Crippen LogP contribution in [0.5, 0.6) is 0 Å². The van der Waals surface area contributed by atoms with E-state index < -0.39 is 0 Å². The largest absolute Gasteiger partial charge is 0.377 e. The van der Waals surface area contributed by atoms with Gasteiger partial charge in [0.05, 0.1) is 0 Å². The lowest BCUT2D eigenvalue weighted by atomic mass is 10.2. The Hall–Kier alpha value is -1.93. The highest BCUT2D eigenvalue weighted by Gasteiger charge is 2.00. The molecule has 0 spiro atoms. The van der Waals surface area contributed by atoms with Gasteiger partial charge in [0.1, 0.15) is 11.4 Å². The van der Waals surface area contributed by atoms with Gasteiger partial charge in [0, 0.05) is 19.8 Å². The SMILES string of the molecule is C#Cc1cc(N(C)C)cc(C#C)n1. The summed E-state index contributed by atoms with van der Waals surface area (Å²) in [6.45, 7) is 0. The van der Waals surface area contributed by atoms with Gasteiger partial charge >= 0.3 is 0 Å². The second-order valence-electron chi connectivity index (χ2n) is 2.78. The molecule has 0 aliphatic heterocycles. The van der Waals surface area contributed by atoms with Crippen molar-refractivity contribution in [2.75, 3.05) is 19.0 Å². The van der Waals surface area contributed by atoms with Crippen LogP contribution in [0.3, 0.4) is 0 Å². The van der Waals surface area contributed by atoms with Crippen LogP contribution in [0.25, 0.3) is 0 Å². The lowest BCUT2D eigenvalue weighted by Gasteiger charge is -2.12. The molecular formula is C11H10N2. The molecule has 1 rings (SSSR count). The quantitative estimate of drug-likeness (QED) is 0.587. The Morgan fingerprint density at radius 2 is 1.62 bits per heavy atom. The molecule has 0 atom stereocenters. The van der Waals surface area contributed by atoms with Gasteiger partial charge in [0.2, 0.25) is 0 Å². The summed E-state index contributed by atoms with van der Waals surface area (Å²) in [7, 11) is 3.85. The monoisotopic (exact) mass is 170 g/mol. The molecule has 0 bridgehead atoms. The molecule has 0 saturated carbocycles. The molecule has 0 aliphatic rings. The first kappa shape index (κ1) is 9.16. The van der Waals surface area contributed by atoms with Gasteiger partial charge in [0.15, 0.2) is 0 Å². The van der Waals surface area contributed by atoms with Crippen LogP contribution in [0.4, 0.5) is 5.69 Å². The Labute approximate surface area is 78.6 Å². The number of rotatable bonds is 1. The Balaban J connectivity index is 3.27. The third-order valence-electron chi connectivity index (χ3n) is 1.62. The summed E-state index contributed by atoms with van der Waals surface area (Å²) in [5, 5.41) is 0. The Kier molecular flexibility index (Phi) is 2.57. The van der Waals surface area contributed by atoms with Crippen molar-refractivity contribution in [1.82, 2.24) is 4.98 Å². The predicted octanol–water partition coefficient (Wildman–Crippen LogP) is 1.11. The molecule has 0 radical (unpaired) electrons. The van der Waals surface area contributed by atoms with E-state index >= 15 is 0 Å². The fourth-order valence-electron chi connectivity index (χ4n) is 0.922. The molecule has 0 amide bonds. The van der Waals surface area contributed by atoms with Gasteiger partial charge in [-0.2, -0.15) is 0 Å². The smallest absolute Gasteiger partial charge is 0.116 e. The highest BCUT2D eigenvalue weighted by Crippen LogP contribution is 2.13. The summed E-state index contributed by atoms with van der Waals surface area (Å²) in [5.74, 6) is 4.93. The molecule has 0 N–H and O–H groups in total.